The number of halogens is 1. The molecule has 0 bridgehead atoms. The number of nitrogens with zero attached hydrogens (tertiary/aromatic N) is 1. The topological polar surface area (TPSA) is 59.3 Å². The van der Waals surface area contributed by atoms with Crippen molar-refractivity contribution >= 4 is 21.9 Å². The lowest BCUT2D eigenvalue weighted by Crippen LogP contribution is -2.13. The molecule has 0 aromatic heterocycles. The predicted molar refractivity (Wildman–Crippen MR) is 61.2 cm³/mol. The maximum absolute atomic E-state index is 11.6. The van der Waals surface area contributed by atoms with E-state index < -0.39 is 12.1 Å². The number of rotatable bonds is 3. The van der Waals surface area contributed by atoms with E-state index >= 15 is 0 Å². The van der Waals surface area contributed by atoms with E-state index in [1.165, 1.54) is 14.0 Å². The van der Waals surface area contributed by atoms with E-state index in [4.69, 9.17) is 14.7 Å². The summed E-state index contributed by atoms with van der Waals surface area (Å²) in [5.74, 6) is -0.000384. The quantitative estimate of drug-likeness (QED) is 0.800. The molecular formula is C11H10BrNO3. The van der Waals surface area contributed by atoms with Crippen molar-refractivity contribution in [2.45, 2.75) is 13.0 Å². The second-order valence-electron chi connectivity index (χ2n) is 3.02. The summed E-state index contributed by atoms with van der Waals surface area (Å²) < 4.78 is 10.5. The van der Waals surface area contributed by atoms with Crippen LogP contribution in [-0.4, -0.2) is 19.2 Å². The highest BCUT2D eigenvalue weighted by molar-refractivity contribution is 9.10. The molecule has 0 saturated heterocycles. The molecule has 0 heterocycles. The number of esters is 1. The minimum Gasteiger partial charge on any atom is -0.497 e. The van der Waals surface area contributed by atoms with E-state index in [-0.39, 0.29) is 0 Å². The fourth-order valence-corrected chi connectivity index (χ4v) is 1.45. The number of benzene rings is 1. The lowest BCUT2D eigenvalue weighted by Gasteiger charge is -2.08. The summed E-state index contributed by atoms with van der Waals surface area (Å²) in [7, 11) is 1.51. The molecule has 16 heavy (non-hydrogen) atoms. The average molecular weight is 284 g/mol. The van der Waals surface area contributed by atoms with E-state index in [0.717, 1.165) is 0 Å². The summed E-state index contributed by atoms with van der Waals surface area (Å²) in [6.07, 6.45) is -0.773. The van der Waals surface area contributed by atoms with E-state index in [1.54, 1.807) is 18.2 Å². The van der Waals surface area contributed by atoms with Crippen LogP contribution < -0.4 is 4.74 Å². The van der Waals surface area contributed by atoms with Crippen LogP contribution in [0.2, 0.25) is 0 Å². The van der Waals surface area contributed by atoms with Crippen LogP contribution in [-0.2, 0) is 4.74 Å². The Bertz CT molecular complexity index is 439. The largest absolute Gasteiger partial charge is 0.497 e. The molecule has 0 saturated carbocycles. The Morgan fingerprint density at radius 2 is 2.25 bits per heavy atom. The standard InChI is InChI=1S/C11H10BrNO3/c1-7(6-13)16-11(14)9-5-8(15-2)3-4-10(9)12/h3-5,7H,1-2H3/t7-/m0/s1. The fourth-order valence-electron chi connectivity index (χ4n) is 1.04. The highest BCUT2D eigenvalue weighted by Gasteiger charge is 2.15. The van der Waals surface area contributed by atoms with Gasteiger partial charge in [-0.15, -0.1) is 0 Å². The number of carbonyl (C=O) groups is 1. The molecule has 0 unspecified atom stereocenters. The van der Waals surface area contributed by atoms with E-state index in [2.05, 4.69) is 15.9 Å². The van der Waals surface area contributed by atoms with Crippen molar-refractivity contribution in [3.8, 4) is 11.8 Å². The minimum atomic E-state index is -0.773. The molecule has 1 atom stereocenters. The van der Waals surface area contributed by atoms with Crippen molar-refractivity contribution in [1.29, 1.82) is 5.26 Å². The first-order chi connectivity index (χ1) is 7.58. The molecule has 0 fully saturated rings. The number of carbonyl (C=O) groups excluding carboxylic acids is 1. The summed E-state index contributed by atoms with van der Waals surface area (Å²) in [6, 6.07) is 6.78. The molecule has 84 valence electrons. The molecule has 1 aromatic rings. The van der Waals surface area contributed by atoms with Crippen LogP contribution in [0.15, 0.2) is 22.7 Å². The first kappa shape index (κ1) is 12.5. The molecule has 0 N–H and O–H groups in total. The molecule has 0 radical (unpaired) electrons. The highest BCUT2D eigenvalue weighted by Crippen LogP contribution is 2.23. The summed E-state index contributed by atoms with van der Waals surface area (Å²) in [6.45, 7) is 1.51. The molecule has 1 aromatic carbocycles. The smallest absolute Gasteiger partial charge is 0.340 e. The van der Waals surface area contributed by atoms with Gasteiger partial charge in [-0.3, -0.25) is 0 Å². The molecule has 0 aliphatic carbocycles. The molecule has 4 nitrogen and oxygen atoms in total. The summed E-state index contributed by atoms with van der Waals surface area (Å²) >= 11 is 3.23. The Hall–Kier alpha value is -1.54. The number of ether oxygens (including phenoxy) is 2. The van der Waals surface area contributed by atoms with Gasteiger partial charge in [0, 0.05) is 4.47 Å². The first-order valence-corrected chi connectivity index (χ1v) is 5.32. The van der Waals surface area contributed by atoms with Crippen molar-refractivity contribution in [2.24, 2.45) is 0 Å². The number of methoxy groups -OCH3 is 1. The van der Waals surface area contributed by atoms with Gasteiger partial charge in [0.2, 0.25) is 0 Å². The van der Waals surface area contributed by atoms with Crippen LogP contribution >= 0.6 is 15.9 Å². The average Bonchev–Trinajstić information content (AvgIpc) is 2.29. The lowest BCUT2D eigenvalue weighted by molar-refractivity contribution is 0.0434. The molecule has 0 amide bonds. The Morgan fingerprint density at radius 3 is 2.81 bits per heavy atom. The molecule has 0 aliphatic rings. The van der Waals surface area contributed by atoms with E-state index in [9.17, 15) is 4.79 Å². The number of nitriles is 1. The van der Waals surface area contributed by atoms with Gasteiger partial charge in [-0.05, 0) is 41.1 Å². The normalized spacial score (nSPS) is 11.4. The number of hydrogen-bond donors (Lipinski definition) is 0. The molecule has 0 aliphatic heterocycles. The van der Waals surface area contributed by atoms with Gasteiger partial charge >= 0.3 is 5.97 Å². The van der Waals surface area contributed by atoms with Crippen LogP contribution in [0.1, 0.15) is 17.3 Å². The van der Waals surface area contributed by atoms with Gasteiger partial charge in [0.15, 0.2) is 6.10 Å². The van der Waals surface area contributed by atoms with Gasteiger partial charge in [-0.1, -0.05) is 0 Å². The van der Waals surface area contributed by atoms with Crippen LogP contribution in [0.4, 0.5) is 0 Å². The van der Waals surface area contributed by atoms with Crippen molar-refractivity contribution in [3.63, 3.8) is 0 Å². The maximum atomic E-state index is 11.6. The zero-order valence-corrected chi connectivity index (χ0v) is 10.4. The molecule has 1 rings (SSSR count). The van der Waals surface area contributed by atoms with Crippen molar-refractivity contribution in [1.82, 2.24) is 0 Å². The van der Waals surface area contributed by atoms with Crippen LogP contribution in [0, 0.1) is 11.3 Å². The maximum Gasteiger partial charge on any atom is 0.340 e. The van der Waals surface area contributed by atoms with Crippen molar-refractivity contribution in [2.75, 3.05) is 7.11 Å². The SMILES string of the molecule is COc1ccc(Br)c(C(=O)O[C@@H](C)C#N)c1. The minimum absolute atomic E-state index is 0.335. The Kier molecular flexibility index (Phi) is 4.32. The van der Waals surface area contributed by atoms with E-state index in [0.29, 0.717) is 15.8 Å². The third kappa shape index (κ3) is 2.97. The lowest BCUT2D eigenvalue weighted by atomic mass is 10.2. The van der Waals surface area contributed by atoms with Crippen LogP contribution in [0.3, 0.4) is 0 Å². The van der Waals surface area contributed by atoms with E-state index in [1.807, 2.05) is 6.07 Å². The van der Waals surface area contributed by atoms with Gasteiger partial charge in [-0.2, -0.15) is 5.26 Å². The molecule has 5 heteroatoms. The van der Waals surface area contributed by atoms with Crippen LogP contribution in [0.25, 0.3) is 0 Å². The van der Waals surface area contributed by atoms with Gasteiger partial charge < -0.3 is 9.47 Å². The van der Waals surface area contributed by atoms with Gasteiger partial charge in [-0.25, -0.2) is 4.79 Å². The Balaban J connectivity index is 2.95. The highest BCUT2D eigenvalue weighted by atomic mass is 79.9. The van der Waals surface area contributed by atoms with Crippen molar-refractivity contribution in [3.05, 3.63) is 28.2 Å². The Morgan fingerprint density at radius 1 is 1.56 bits per heavy atom. The van der Waals surface area contributed by atoms with Crippen LogP contribution in [0.5, 0.6) is 5.75 Å². The van der Waals surface area contributed by atoms with Crippen molar-refractivity contribution < 1.29 is 14.3 Å². The second kappa shape index (κ2) is 5.52. The molecule has 0 spiro atoms. The van der Waals surface area contributed by atoms with Gasteiger partial charge in [0.1, 0.15) is 11.8 Å². The summed E-state index contributed by atoms with van der Waals surface area (Å²) in [4.78, 5) is 11.6. The fraction of sp³-hybridized carbons (Fsp3) is 0.273. The second-order valence-corrected chi connectivity index (χ2v) is 3.88. The zero-order chi connectivity index (χ0) is 12.1. The molecular weight excluding hydrogens is 274 g/mol. The Labute approximate surface area is 102 Å². The first-order valence-electron chi connectivity index (χ1n) is 4.52. The predicted octanol–water partition coefficient (Wildman–Crippen LogP) is 2.53. The summed E-state index contributed by atoms with van der Waals surface area (Å²) in [5, 5.41) is 8.54. The third-order valence-corrected chi connectivity index (χ3v) is 2.55. The van der Waals surface area contributed by atoms with Gasteiger partial charge in [0.05, 0.1) is 12.7 Å². The number of hydrogen-bond acceptors (Lipinski definition) is 4. The monoisotopic (exact) mass is 283 g/mol. The summed E-state index contributed by atoms with van der Waals surface area (Å²) in [5.41, 5.74) is 0.335. The third-order valence-electron chi connectivity index (χ3n) is 1.86. The zero-order valence-electron chi connectivity index (χ0n) is 8.86. The van der Waals surface area contributed by atoms with Gasteiger partial charge in [0.25, 0.3) is 0 Å².